The molecule has 106 valence electrons. The molecule has 1 N–H and O–H groups in total. The van der Waals surface area contributed by atoms with Gasteiger partial charge in [0.2, 0.25) is 0 Å². The number of allylic oxidation sites excluding steroid dienone is 2. The average molecular weight is 254 g/mol. The minimum absolute atomic E-state index is 0.317. The fourth-order valence-electron chi connectivity index (χ4n) is 2.13. The van der Waals surface area contributed by atoms with Gasteiger partial charge in [-0.3, -0.25) is 4.79 Å². The Labute approximate surface area is 112 Å². The molecule has 0 radical (unpaired) electrons. The molecule has 0 amide bonds. The molecule has 0 heterocycles. The van der Waals surface area contributed by atoms with Crippen molar-refractivity contribution in [2.75, 3.05) is 0 Å². The third-order valence-corrected chi connectivity index (χ3v) is 3.46. The maximum atomic E-state index is 10.5. The van der Waals surface area contributed by atoms with Crippen LogP contribution >= 0.6 is 0 Å². The lowest BCUT2D eigenvalue weighted by Crippen LogP contribution is -2.02. The molecule has 0 aliphatic heterocycles. The van der Waals surface area contributed by atoms with Crippen molar-refractivity contribution < 1.29 is 9.90 Å². The molecule has 0 aromatic carbocycles. The molecule has 0 rings (SSSR count). The van der Waals surface area contributed by atoms with Gasteiger partial charge in [0, 0.05) is 6.42 Å². The zero-order valence-corrected chi connectivity index (χ0v) is 12.5. The fraction of sp³-hybridized carbons (Fsp3) is 0.812. The van der Waals surface area contributed by atoms with Gasteiger partial charge in [0.1, 0.15) is 0 Å². The van der Waals surface area contributed by atoms with Crippen LogP contribution in [-0.4, -0.2) is 11.1 Å². The molecule has 0 saturated carbocycles. The molecule has 18 heavy (non-hydrogen) atoms. The predicted molar refractivity (Wildman–Crippen MR) is 77.7 cm³/mol. The highest BCUT2D eigenvalue weighted by molar-refractivity contribution is 5.66. The van der Waals surface area contributed by atoms with Gasteiger partial charge in [-0.1, -0.05) is 44.8 Å². The lowest BCUT2D eigenvalue weighted by atomic mass is 9.93. The topological polar surface area (TPSA) is 37.3 Å². The van der Waals surface area contributed by atoms with E-state index in [0.717, 1.165) is 12.3 Å². The largest absolute Gasteiger partial charge is 0.481 e. The summed E-state index contributed by atoms with van der Waals surface area (Å²) in [4.78, 5) is 10.5. The van der Waals surface area contributed by atoms with Crippen LogP contribution in [0.25, 0.3) is 0 Å². The lowest BCUT2D eigenvalue weighted by molar-refractivity contribution is -0.137. The number of rotatable bonds is 10. The van der Waals surface area contributed by atoms with E-state index in [1.807, 2.05) is 0 Å². The Morgan fingerprint density at radius 2 is 1.61 bits per heavy atom. The van der Waals surface area contributed by atoms with Crippen molar-refractivity contribution >= 4 is 5.97 Å². The van der Waals surface area contributed by atoms with Crippen LogP contribution in [0, 0.1) is 11.8 Å². The Hall–Kier alpha value is -0.790. The van der Waals surface area contributed by atoms with E-state index < -0.39 is 5.97 Å². The highest BCUT2D eigenvalue weighted by Crippen LogP contribution is 2.19. The molecular formula is C16H30O2. The van der Waals surface area contributed by atoms with Crippen molar-refractivity contribution in [3.05, 3.63) is 11.6 Å². The second-order valence-corrected chi connectivity index (χ2v) is 5.93. The second-order valence-electron chi connectivity index (χ2n) is 5.93. The highest BCUT2D eigenvalue weighted by Gasteiger charge is 2.07. The number of carbonyl (C=O) groups is 1. The number of hydrogen-bond acceptors (Lipinski definition) is 1. The van der Waals surface area contributed by atoms with Gasteiger partial charge in [0.15, 0.2) is 0 Å². The maximum absolute atomic E-state index is 10.5. The fourth-order valence-corrected chi connectivity index (χ4v) is 2.13. The van der Waals surface area contributed by atoms with E-state index in [4.69, 9.17) is 5.11 Å². The van der Waals surface area contributed by atoms with E-state index in [2.05, 4.69) is 33.8 Å². The van der Waals surface area contributed by atoms with E-state index in [9.17, 15) is 4.79 Å². The van der Waals surface area contributed by atoms with Gasteiger partial charge in [0.05, 0.1) is 0 Å². The Morgan fingerprint density at radius 1 is 1.06 bits per heavy atom. The van der Waals surface area contributed by atoms with Crippen LogP contribution in [0.1, 0.15) is 72.6 Å². The summed E-state index contributed by atoms with van der Waals surface area (Å²) < 4.78 is 0. The van der Waals surface area contributed by atoms with Crippen LogP contribution in [0.5, 0.6) is 0 Å². The molecule has 0 fully saturated rings. The van der Waals surface area contributed by atoms with Gasteiger partial charge in [0.25, 0.3) is 0 Å². The third kappa shape index (κ3) is 11.7. The van der Waals surface area contributed by atoms with Gasteiger partial charge in [-0.2, -0.15) is 0 Å². The Morgan fingerprint density at radius 3 is 2.11 bits per heavy atom. The summed E-state index contributed by atoms with van der Waals surface area (Å²) in [5.74, 6) is 0.662. The number of carboxylic acids is 1. The van der Waals surface area contributed by atoms with Crippen molar-refractivity contribution in [2.45, 2.75) is 72.6 Å². The minimum atomic E-state index is -0.669. The first-order valence-electron chi connectivity index (χ1n) is 7.27. The summed E-state index contributed by atoms with van der Waals surface area (Å²) in [5, 5.41) is 8.61. The van der Waals surface area contributed by atoms with Crippen LogP contribution in [-0.2, 0) is 4.79 Å². The standard InChI is InChI=1S/C16H30O2/c1-13(2)7-5-8-14(3)9-6-10-15(4)11-12-16(17)18/h7,14-15H,5-6,8-12H2,1-4H3,(H,17,18). The first-order valence-corrected chi connectivity index (χ1v) is 7.27. The van der Waals surface area contributed by atoms with E-state index in [1.54, 1.807) is 0 Å². The summed E-state index contributed by atoms with van der Waals surface area (Å²) >= 11 is 0. The molecular weight excluding hydrogens is 224 g/mol. The summed E-state index contributed by atoms with van der Waals surface area (Å²) in [7, 11) is 0. The van der Waals surface area contributed by atoms with E-state index in [0.29, 0.717) is 12.3 Å². The smallest absolute Gasteiger partial charge is 0.303 e. The summed E-state index contributed by atoms with van der Waals surface area (Å²) in [5.41, 5.74) is 1.41. The number of carboxylic acid groups (broad SMARTS) is 1. The van der Waals surface area contributed by atoms with Gasteiger partial charge in [-0.25, -0.2) is 0 Å². The van der Waals surface area contributed by atoms with Gasteiger partial charge in [-0.05, 0) is 44.9 Å². The first-order chi connectivity index (χ1) is 8.41. The first kappa shape index (κ1) is 17.2. The summed E-state index contributed by atoms with van der Waals surface area (Å²) in [6.07, 6.45) is 9.59. The molecule has 0 aromatic rings. The van der Waals surface area contributed by atoms with E-state index in [-0.39, 0.29) is 0 Å². The van der Waals surface area contributed by atoms with Gasteiger partial charge >= 0.3 is 5.97 Å². The molecule has 0 bridgehead atoms. The molecule has 2 atom stereocenters. The average Bonchev–Trinajstić information content (AvgIpc) is 2.25. The predicted octanol–water partition coefficient (Wildman–Crippen LogP) is 5.04. The third-order valence-electron chi connectivity index (χ3n) is 3.46. The Balaban J connectivity index is 3.52. The van der Waals surface area contributed by atoms with Crippen molar-refractivity contribution in [1.82, 2.24) is 0 Å². The van der Waals surface area contributed by atoms with Crippen LogP contribution in [0.15, 0.2) is 11.6 Å². The monoisotopic (exact) mass is 254 g/mol. The Bertz CT molecular complexity index is 252. The molecule has 0 aliphatic rings. The molecule has 2 heteroatoms. The van der Waals surface area contributed by atoms with E-state index in [1.165, 1.54) is 37.7 Å². The second kappa shape index (κ2) is 10.2. The quantitative estimate of drug-likeness (QED) is 0.554. The molecule has 0 saturated heterocycles. The molecule has 0 aromatic heterocycles. The van der Waals surface area contributed by atoms with Gasteiger partial charge < -0.3 is 5.11 Å². The zero-order chi connectivity index (χ0) is 14.0. The van der Waals surface area contributed by atoms with Crippen LogP contribution < -0.4 is 0 Å². The summed E-state index contributed by atoms with van der Waals surface area (Å²) in [6.45, 7) is 8.78. The van der Waals surface area contributed by atoms with Crippen LogP contribution in [0.2, 0.25) is 0 Å². The lowest BCUT2D eigenvalue weighted by Gasteiger charge is -2.13. The highest BCUT2D eigenvalue weighted by atomic mass is 16.4. The summed E-state index contributed by atoms with van der Waals surface area (Å²) in [6, 6.07) is 0. The molecule has 2 unspecified atom stereocenters. The SMILES string of the molecule is CC(C)=CCCC(C)CCCC(C)CCC(=O)O. The molecule has 2 nitrogen and oxygen atoms in total. The van der Waals surface area contributed by atoms with Crippen molar-refractivity contribution in [2.24, 2.45) is 11.8 Å². The molecule has 0 aliphatic carbocycles. The van der Waals surface area contributed by atoms with Gasteiger partial charge in [-0.15, -0.1) is 0 Å². The van der Waals surface area contributed by atoms with Crippen LogP contribution in [0.4, 0.5) is 0 Å². The van der Waals surface area contributed by atoms with Crippen molar-refractivity contribution in [3.8, 4) is 0 Å². The Kier molecular flexibility index (Phi) is 9.72. The minimum Gasteiger partial charge on any atom is -0.481 e. The normalized spacial score (nSPS) is 14.0. The number of hydrogen-bond donors (Lipinski definition) is 1. The van der Waals surface area contributed by atoms with E-state index >= 15 is 0 Å². The van der Waals surface area contributed by atoms with Crippen molar-refractivity contribution in [3.63, 3.8) is 0 Å². The number of aliphatic carboxylic acids is 1. The maximum Gasteiger partial charge on any atom is 0.303 e. The molecule has 0 spiro atoms. The van der Waals surface area contributed by atoms with Crippen molar-refractivity contribution in [1.29, 1.82) is 0 Å². The zero-order valence-electron chi connectivity index (χ0n) is 12.5. The van der Waals surface area contributed by atoms with Crippen LogP contribution in [0.3, 0.4) is 0 Å².